The van der Waals surface area contributed by atoms with Crippen LogP contribution in [0.2, 0.25) is 5.15 Å². The number of fused-ring (bicyclic) bond motifs is 2. The lowest BCUT2D eigenvalue weighted by molar-refractivity contribution is 0.0108. The molecule has 1 N–H and O–H groups in total. The molecular formula is C20H17BrClN5O. The highest BCUT2D eigenvalue weighted by Gasteiger charge is 2.27. The molecule has 6 nitrogen and oxygen atoms in total. The zero-order chi connectivity index (χ0) is 19.1. The minimum atomic E-state index is -0.0362. The van der Waals surface area contributed by atoms with E-state index in [-0.39, 0.29) is 12.3 Å². The van der Waals surface area contributed by atoms with Crippen LogP contribution < -0.4 is 5.32 Å². The smallest absolute Gasteiger partial charge is 0.146 e. The van der Waals surface area contributed by atoms with Crippen molar-refractivity contribution in [2.24, 2.45) is 0 Å². The summed E-state index contributed by atoms with van der Waals surface area (Å²) in [5, 5.41) is 5.90. The SMILES string of the molecule is Clc1ncnc2c1ccn2[C@H]1CC[C@@H](CNc2ccc3cc(Br)cnc3c2)O1. The Kier molecular flexibility index (Phi) is 4.66. The van der Waals surface area contributed by atoms with Gasteiger partial charge in [0, 0.05) is 34.5 Å². The number of nitrogens with zero attached hydrogens (tertiary/aromatic N) is 4. The van der Waals surface area contributed by atoms with E-state index in [0.29, 0.717) is 5.15 Å². The van der Waals surface area contributed by atoms with E-state index in [1.54, 1.807) is 0 Å². The van der Waals surface area contributed by atoms with Gasteiger partial charge >= 0.3 is 0 Å². The summed E-state index contributed by atoms with van der Waals surface area (Å²) in [4.78, 5) is 12.9. The second-order valence-electron chi connectivity index (χ2n) is 6.86. The molecule has 28 heavy (non-hydrogen) atoms. The molecule has 8 heteroatoms. The molecule has 2 atom stereocenters. The number of rotatable bonds is 4. The van der Waals surface area contributed by atoms with Crippen LogP contribution in [-0.4, -0.2) is 32.2 Å². The molecule has 1 aliphatic rings. The van der Waals surface area contributed by atoms with Crippen molar-refractivity contribution in [2.75, 3.05) is 11.9 Å². The maximum absolute atomic E-state index is 6.25. The second kappa shape index (κ2) is 7.31. The standard InChI is InChI=1S/C20H17BrClN5O/c21-13-7-12-1-2-14(8-17(12)24-9-13)23-10-15-3-4-18(28-15)27-6-5-16-19(22)25-11-26-20(16)27/h1-2,5-9,11,15,18,23H,3-4,10H2/t15-,18+/m0/s1. The molecular weight excluding hydrogens is 442 g/mol. The number of pyridine rings is 1. The first-order chi connectivity index (χ1) is 13.7. The summed E-state index contributed by atoms with van der Waals surface area (Å²) in [5.41, 5.74) is 2.82. The third-order valence-electron chi connectivity index (χ3n) is 5.04. The summed E-state index contributed by atoms with van der Waals surface area (Å²) in [7, 11) is 0. The van der Waals surface area contributed by atoms with Crippen molar-refractivity contribution in [1.29, 1.82) is 0 Å². The number of anilines is 1. The Morgan fingerprint density at radius 1 is 1.18 bits per heavy atom. The Hall–Kier alpha value is -2.22. The first-order valence-electron chi connectivity index (χ1n) is 9.09. The Labute approximate surface area is 175 Å². The van der Waals surface area contributed by atoms with E-state index in [1.165, 1.54) is 6.33 Å². The first kappa shape index (κ1) is 17.8. The maximum Gasteiger partial charge on any atom is 0.146 e. The topological polar surface area (TPSA) is 64.9 Å². The Morgan fingerprint density at radius 3 is 3.04 bits per heavy atom. The van der Waals surface area contributed by atoms with E-state index in [0.717, 1.165) is 51.5 Å². The van der Waals surface area contributed by atoms with Crippen molar-refractivity contribution >= 4 is 55.2 Å². The normalized spacial score (nSPS) is 19.5. The fourth-order valence-corrected chi connectivity index (χ4v) is 4.19. The van der Waals surface area contributed by atoms with Gasteiger partial charge in [-0.2, -0.15) is 0 Å². The van der Waals surface area contributed by atoms with Crippen LogP contribution in [0.4, 0.5) is 5.69 Å². The van der Waals surface area contributed by atoms with E-state index in [9.17, 15) is 0 Å². The molecule has 4 aromatic rings. The monoisotopic (exact) mass is 457 g/mol. The molecule has 0 radical (unpaired) electrons. The largest absolute Gasteiger partial charge is 0.382 e. The average Bonchev–Trinajstić information content (AvgIpc) is 3.33. The Bertz CT molecular complexity index is 1160. The molecule has 0 amide bonds. The van der Waals surface area contributed by atoms with Crippen molar-refractivity contribution in [3.05, 3.63) is 58.7 Å². The number of benzene rings is 1. The first-order valence-corrected chi connectivity index (χ1v) is 10.3. The Balaban J connectivity index is 1.26. The molecule has 5 rings (SSSR count). The van der Waals surface area contributed by atoms with Crippen LogP contribution in [0.15, 0.2) is 53.5 Å². The summed E-state index contributed by atoms with van der Waals surface area (Å²) >= 11 is 9.61. The van der Waals surface area contributed by atoms with Crippen LogP contribution in [-0.2, 0) is 4.74 Å². The lowest BCUT2D eigenvalue weighted by Crippen LogP contribution is -2.20. The summed E-state index contributed by atoms with van der Waals surface area (Å²) in [6.45, 7) is 0.744. The number of hydrogen-bond donors (Lipinski definition) is 1. The molecule has 1 saturated heterocycles. The highest BCUT2D eigenvalue weighted by molar-refractivity contribution is 9.10. The molecule has 3 aromatic heterocycles. The van der Waals surface area contributed by atoms with Gasteiger partial charge in [-0.3, -0.25) is 4.98 Å². The second-order valence-corrected chi connectivity index (χ2v) is 8.13. The molecule has 0 spiro atoms. The molecule has 0 saturated carbocycles. The summed E-state index contributed by atoms with van der Waals surface area (Å²) in [6, 6.07) is 10.2. The number of aromatic nitrogens is 4. The predicted octanol–water partition coefficient (Wildman–Crippen LogP) is 5.19. The number of hydrogen-bond acceptors (Lipinski definition) is 5. The highest BCUT2D eigenvalue weighted by atomic mass is 79.9. The van der Waals surface area contributed by atoms with Crippen LogP contribution in [0.5, 0.6) is 0 Å². The number of halogens is 2. The van der Waals surface area contributed by atoms with Crippen molar-refractivity contribution in [3.63, 3.8) is 0 Å². The van der Waals surface area contributed by atoms with Crippen LogP contribution in [0.1, 0.15) is 19.1 Å². The number of nitrogens with one attached hydrogen (secondary N) is 1. The lowest BCUT2D eigenvalue weighted by atomic mass is 10.2. The van der Waals surface area contributed by atoms with Gasteiger partial charge in [0.05, 0.1) is 17.0 Å². The fraction of sp³-hybridized carbons (Fsp3) is 0.250. The molecule has 0 unspecified atom stereocenters. The zero-order valence-electron chi connectivity index (χ0n) is 14.8. The molecule has 0 bridgehead atoms. The average molecular weight is 459 g/mol. The lowest BCUT2D eigenvalue weighted by Gasteiger charge is -2.17. The van der Waals surface area contributed by atoms with Gasteiger partial charge in [0.2, 0.25) is 0 Å². The van der Waals surface area contributed by atoms with Crippen LogP contribution in [0.3, 0.4) is 0 Å². The van der Waals surface area contributed by atoms with Gasteiger partial charge in [-0.25, -0.2) is 9.97 Å². The minimum Gasteiger partial charge on any atom is -0.382 e. The van der Waals surface area contributed by atoms with E-state index in [2.05, 4.69) is 60.5 Å². The minimum absolute atomic E-state index is 0.0362. The molecule has 1 fully saturated rings. The van der Waals surface area contributed by atoms with Gasteiger partial charge in [0.25, 0.3) is 0 Å². The van der Waals surface area contributed by atoms with Crippen LogP contribution in [0, 0.1) is 0 Å². The summed E-state index contributed by atoms with van der Waals surface area (Å²) < 4.78 is 9.28. The van der Waals surface area contributed by atoms with Gasteiger partial charge in [-0.1, -0.05) is 17.7 Å². The van der Waals surface area contributed by atoms with Crippen LogP contribution in [0.25, 0.3) is 21.9 Å². The summed E-state index contributed by atoms with van der Waals surface area (Å²) in [6.07, 6.45) is 7.29. The van der Waals surface area contributed by atoms with Gasteiger partial charge in [0.15, 0.2) is 0 Å². The highest BCUT2D eigenvalue weighted by Crippen LogP contribution is 2.32. The van der Waals surface area contributed by atoms with Crippen molar-refractivity contribution in [1.82, 2.24) is 19.5 Å². The quantitative estimate of drug-likeness (QED) is 0.427. The molecule has 0 aliphatic carbocycles. The Morgan fingerprint density at radius 2 is 2.11 bits per heavy atom. The zero-order valence-corrected chi connectivity index (χ0v) is 17.2. The van der Waals surface area contributed by atoms with E-state index >= 15 is 0 Å². The summed E-state index contributed by atoms with van der Waals surface area (Å²) in [5.74, 6) is 0. The predicted molar refractivity (Wildman–Crippen MR) is 114 cm³/mol. The van der Waals surface area contributed by atoms with Gasteiger partial charge in [-0.05, 0) is 53.0 Å². The maximum atomic E-state index is 6.25. The molecule has 1 aromatic carbocycles. The van der Waals surface area contributed by atoms with Crippen molar-refractivity contribution in [2.45, 2.75) is 25.2 Å². The van der Waals surface area contributed by atoms with Crippen molar-refractivity contribution in [3.8, 4) is 0 Å². The third kappa shape index (κ3) is 3.34. The molecule has 1 aliphatic heterocycles. The molecule has 142 valence electrons. The van der Waals surface area contributed by atoms with E-state index in [4.69, 9.17) is 16.3 Å². The van der Waals surface area contributed by atoms with Gasteiger partial charge in [-0.15, -0.1) is 0 Å². The van der Waals surface area contributed by atoms with E-state index < -0.39 is 0 Å². The fourth-order valence-electron chi connectivity index (χ4n) is 3.65. The molecule has 4 heterocycles. The number of ether oxygens (including phenoxy) is 1. The van der Waals surface area contributed by atoms with E-state index in [1.807, 2.05) is 23.0 Å². The van der Waals surface area contributed by atoms with Crippen LogP contribution >= 0.6 is 27.5 Å². The van der Waals surface area contributed by atoms with Gasteiger partial charge in [0.1, 0.15) is 23.4 Å². The third-order valence-corrected chi connectivity index (χ3v) is 5.78. The van der Waals surface area contributed by atoms with Crippen molar-refractivity contribution < 1.29 is 4.74 Å². The van der Waals surface area contributed by atoms with Gasteiger partial charge < -0.3 is 14.6 Å².